The standard InChI is InChI=1S/C25H31NO7.C2H5NO/c1-16-21(31-2)15-18-7-4-6-17-14-19(10-11-20(17)24(18)25(16)32-3)33-23(29)9-5-8-22(28)26(30)12-13-27;1-2(3)4/h10-11,14-15,27,30H,4-9,12-13H2,1-3H3;1H3,(H2,3,4). The summed E-state index contributed by atoms with van der Waals surface area (Å²) in [7, 11) is 3.32. The van der Waals surface area contributed by atoms with E-state index in [1.54, 1.807) is 20.3 Å². The molecule has 0 heterocycles. The largest absolute Gasteiger partial charge is 0.496 e. The summed E-state index contributed by atoms with van der Waals surface area (Å²) in [6, 6.07) is 7.69. The van der Waals surface area contributed by atoms with Gasteiger partial charge in [-0.1, -0.05) is 6.07 Å². The van der Waals surface area contributed by atoms with E-state index in [-0.39, 0.29) is 38.3 Å². The van der Waals surface area contributed by atoms with Crippen molar-refractivity contribution in [1.29, 1.82) is 0 Å². The van der Waals surface area contributed by atoms with Crippen LogP contribution in [-0.2, 0) is 27.2 Å². The van der Waals surface area contributed by atoms with Gasteiger partial charge in [0.1, 0.15) is 17.2 Å². The van der Waals surface area contributed by atoms with E-state index in [0.29, 0.717) is 10.8 Å². The molecule has 0 fully saturated rings. The maximum Gasteiger partial charge on any atom is 0.311 e. The van der Waals surface area contributed by atoms with Crippen molar-refractivity contribution in [3.05, 3.63) is 41.0 Å². The van der Waals surface area contributed by atoms with Gasteiger partial charge in [0.05, 0.1) is 27.4 Å². The second-order valence-corrected chi connectivity index (χ2v) is 8.62. The number of carbonyl (C=O) groups excluding carboxylic acids is 3. The number of hydroxylamine groups is 2. The van der Waals surface area contributed by atoms with Crippen LogP contribution in [0.25, 0.3) is 11.1 Å². The molecule has 37 heavy (non-hydrogen) atoms. The van der Waals surface area contributed by atoms with Gasteiger partial charge in [-0.2, -0.15) is 0 Å². The second-order valence-electron chi connectivity index (χ2n) is 8.62. The number of esters is 1. The lowest BCUT2D eigenvalue weighted by Crippen LogP contribution is -2.30. The Morgan fingerprint density at radius 3 is 2.35 bits per heavy atom. The van der Waals surface area contributed by atoms with Gasteiger partial charge in [-0.3, -0.25) is 19.6 Å². The molecule has 0 saturated carbocycles. The van der Waals surface area contributed by atoms with Crippen molar-refractivity contribution in [3.8, 4) is 28.4 Å². The van der Waals surface area contributed by atoms with Crippen molar-refractivity contribution in [2.24, 2.45) is 5.73 Å². The first kappa shape index (κ1) is 29.6. The highest BCUT2D eigenvalue weighted by molar-refractivity contribution is 5.82. The van der Waals surface area contributed by atoms with E-state index in [4.69, 9.17) is 19.3 Å². The van der Waals surface area contributed by atoms with E-state index in [2.05, 4.69) is 11.8 Å². The molecule has 0 atom stereocenters. The summed E-state index contributed by atoms with van der Waals surface area (Å²) >= 11 is 0. The third-order valence-electron chi connectivity index (χ3n) is 5.83. The van der Waals surface area contributed by atoms with Crippen LogP contribution >= 0.6 is 0 Å². The molecule has 0 aromatic heterocycles. The smallest absolute Gasteiger partial charge is 0.311 e. The summed E-state index contributed by atoms with van der Waals surface area (Å²) < 4.78 is 16.8. The fourth-order valence-electron chi connectivity index (χ4n) is 4.21. The molecule has 4 N–H and O–H groups in total. The monoisotopic (exact) mass is 516 g/mol. The molecule has 0 saturated heterocycles. The van der Waals surface area contributed by atoms with Crippen LogP contribution in [0.15, 0.2) is 24.3 Å². The number of methoxy groups -OCH3 is 2. The number of carbonyl (C=O) groups is 3. The van der Waals surface area contributed by atoms with Crippen molar-refractivity contribution in [1.82, 2.24) is 5.06 Å². The Balaban J connectivity index is 0.00000112. The van der Waals surface area contributed by atoms with Crippen LogP contribution in [0, 0.1) is 6.92 Å². The zero-order valence-electron chi connectivity index (χ0n) is 21.8. The number of ether oxygens (including phenoxy) is 3. The summed E-state index contributed by atoms with van der Waals surface area (Å²) in [6.07, 6.45) is 2.96. The van der Waals surface area contributed by atoms with E-state index < -0.39 is 11.9 Å². The van der Waals surface area contributed by atoms with Crippen molar-refractivity contribution in [2.75, 3.05) is 27.4 Å². The molecule has 2 aromatic rings. The molecule has 0 aliphatic heterocycles. The average Bonchev–Trinajstić information content (AvgIpc) is 3.02. The van der Waals surface area contributed by atoms with Gasteiger partial charge in [0, 0.05) is 30.9 Å². The van der Waals surface area contributed by atoms with E-state index in [0.717, 1.165) is 53.0 Å². The van der Waals surface area contributed by atoms with Crippen molar-refractivity contribution in [3.63, 3.8) is 0 Å². The minimum absolute atomic E-state index is 0.00478. The lowest BCUT2D eigenvalue weighted by atomic mass is 9.93. The highest BCUT2D eigenvalue weighted by Crippen LogP contribution is 2.45. The molecular weight excluding hydrogens is 480 g/mol. The molecule has 0 spiro atoms. The Hall–Kier alpha value is -3.63. The number of fused-ring (bicyclic) bond motifs is 3. The lowest BCUT2D eigenvalue weighted by Gasteiger charge is -2.19. The fourth-order valence-corrected chi connectivity index (χ4v) is 4.21. The molecule has 0 bridgehead atoms. The van der Waals surface area contributed by atoms with Crippen LogP contribution in [0.4, 0.5) is 0 Å². The van der Waals surface area contributed by atoms with Crippen LogP contribution < -0.4 is 19.9 Å². The zero-order chi connectivity index (χ0) is 27.5. The van der Waals surface area contributed by atoms with Gasteiger partial charge in [0.25, 0.3) is 0 Å². The number of aryl methyl sites for hydroxylation is 2. The number of aliphatic hydroxyl groups is 1. The third kappa shape index (κ3) is 8.19. The number of aliphatic hydroxyl groups excluding tert-OH is 1. The molecule has 202 valence electrons. The second kappa shape index (κ2) is 14.2. The number of hydrogen-bond acceptors (Lipinski definition) is 8. The number of nitrogens with two attached hydrogens (primary N) is 1. The maximum absolute atomic E-state index is 12.3. The van der Waals surface area contributed by atoms with Gasteiger partial charge >= 0.3 is 5.97 Å². The first-order valence-corrected chi connectivity index (χ1v) is 12.1. The first-order valence-electron chi connectivity index (χ1n) is 12.1. The predicted octanol–water partition coefficient (Wildman–Crippen LogP) is 2.95. The Kier molecular flexibility index (Phi) is 11.4. The maximum atomic E-state index is 12.3. The van der Waals surface area contributed by atoms with Crippen LogP contribution in [0.2, 0.25) is 0 Å². The summed E-state index contributed by atoms with van der Waals surface area (Å²) in [5.74, 6) is 0.740. The Labute approximate surface area is 216 Å². The number of primary amides is 1. The van der Waals surface area contributed by atoms with Gasteiger partial charge in [-0.05, 0) is 67.5 Å². The molecule has 2 aromatic carbocycles. The Morgan fingerprint density at radius 2 is 1.73 bits per heavy atom. The molecular formula is C27H36N2O8. The minimum Gasteiger partial charge on any atom is -0.496 e. The first-order chi connectivity index (χ1) is 17.6. The van der Waals surface area contributed by atoms with Crippen LogP contribution in [0.5, 0.6) is 17.2 Å². The number of rotatable bonds is 9. The molecule has 0 unspecified atom stereocenters. The normalized spacial score (nSPS) is 11.6. The van der Waals surface area contributed by atoms with Gasteiger partial charge in [0.15, 0.2) is 0 Å². The zero-order valence-corrected chi connectivity index (χ0v) is 21.8. The van der Waals surface area contributed by atoms with Crippen molar-refractivity contribution < 1.29 is 38.9 Å². The topological polar surface area (TPSA) is 149 Å². The Bertz CT molecular complexity index is 1110. The number of benzene rings is 2. The molecule has 1 aliphatic rings. The van der Waals surface area contributed by atoms with Crippen LogP contribution in [0.1, 0.15) is 49.3 Å². The van der Waals surface area contributed by atoms with E-state index in [1.165, 1.54) is 12.5 Å². The summed E-state index contributed by atoms with van der Waals surface area (Å²) in [5.41, 5.74) is 9.77. The van der Waals surface area contributed by atoms with Crippen molar-refractivity contribution in [2.45, 2.75) is 52.4 Å². The lowest BCUT2D eigenvalue weighted by molar-refractivity contribution is -0.167. The Morgan fingerprint density at radius 1 is 1.05 bits per heavy atom. The fraction of sp³-hybridized carbons (Fsp3) is 0.444. The van der Waals surface area contributed by atoms with Gasteiger partial charge in [0.2, 0.25) is 11.8 Å². The van der Waals surface area contributed by atoms with Crippen LogP contribution in [-0.4, -0.2) is 60.5 Å². The highest BCUT2D eigenvalue weighted by atomic mass is 16.5. The highest BCUT2D eigenvalue weighted by Gasteiger charge is 2.23. The number of hydrogen-bond donors (Lipinski definition) is 3. The van der Waals surface area contributed by atoms with E-state index in [9.17, 15) is 19.6 Å². The van der Waals surface area contributed by atoms with Gasteiger partial charge in [-0.15, -0.1) is 0 Å². The van der Waals surface area contributed by atoms with Gasteiger partial charge in [-0.25, -0.2) is 5.06 Å². The molecule has 1 aliphatic carbocycles. The number of nitrogens with zero attached hydrogens (tertiary/aromatic N) is 1. The molecule has 10 nitrogen and oxygen atoms in total. The SMILES string of the molecule is CC(N)=O.COc1cc2c(c(OC)c1C)-c1ccc(OC(=O)CCCC(=O)N(O)CCO)cc1CCC2. The van der Waals surface area contributed by atoms with E-state index >= 15 is 0 Å². The van der Waals surface area contributed by atoms with Crippen LogP contribution in [0.3, 0.4) is 0 Å². The molecule has 0 radical (unpaired) electrons. The summed E-state index contributed by atoms with van der Waals surface area (Å²) in [5, 5.41) is 18.6. The summed E-state index contributed by atoms with van der Waals surface area (Å²) in [4.78, 5) is 33.2. The molecule has 10 heteroatoms. The number of amides is 2. The molecule has 2 amide bonds. The van der Waals surface area contributed by atoms with Gasteiger partial charge < -0.3 is 25.1 Å². The van der Waals surface area contributed by atoms with E-state index in [1.807, 2.05) is 19.1 Å². The quantitative estimate of drug-likeness (QED) is 0.199. The summed E-state index contributed by atoms with van der Waals surface area (Å²) in [6.45, 7) is 2.80. The van der Waals surface area contributed by atoms with Crippen molar-refractivity contribution >= 4 is 17.8 Å². The average molecular weight is 517 g/mol. The third-order valence-corrected chi connectivity index (χ3v) is 5.83. The minimum atomic E-state index is -0.540. The predicted molar refractivity (Wildman–Crippen MR) is 137 cm³/mol. The molecule has 3 rings (SSSR count).